The maximum absolute atomic E-state index is 12.1. The van der Waals surface area contributed by atoms with E-state index in [0.29, 0.717) is 5.56 Å². The van der Waals surface area contributed by atoms with Gasteiger partial charge in [-0.2, -0.15) is 0 Å². The molecule has 0 amide bonds. The number of rotatable bonds is 3. The van der Waals surface area contributed by atoms with E-state index in [9.17, 15) is 13.2 Å². The molecule has 1 aromatic carbocycles. The van der Waals surface area contributed by atoms with Gasteiger partial charge in [0.2, 0.25) is 0 Å². The van der Waals surface area contributed by atoms with Gasteiger partial charge in [-0.25, -0.2) is 0 Å². The molecular formula is C12H13F3O. The highest BCUT2D eigenvalue weighted by Gasteiger charge is 2.31. The molecule has 0 heterocycles. The fraction of sp³-hybridized carbons (Fsp3) is 0.333. The minimum absolute atomic E-state index is 0.174. The molecule has 0 aliphatic carbocycles. The van der Waals surface area contributed by atoms with Gasteiger partial charge >= 0.3 is 6.36 Å². The summed E-state index contributed by atoms with van der Waals surface area (Å²) in [7, 11) is 0. The normalized spacial score (nSPS) is 12.4. The molecule has 0 aromatic heterocycles. The zero-order chi connectivity index (χ0) is 12.2. The molecule has 0 saturated carbocycles. The molecule has 0 radical (unpaired) electrons. The van der Waals surface area contributed by atoms with Crippen molar-refractivity contribution in [1.82, 2.24) is 0 Å². The van der Waals surface area contributed by atoms with E-state index in [1.165, 1.54) is 12.1 Å². The first-order valence-corrected chi connectivity index (χ1v) is 4.91. The summed E-state index contributed by atoms with van der Waals surface area (Å²) in [5, 5.41) is 0. The lowest BCUT2D eigenvalue weighted by Gasteiger charge is -2.11. The number of para-hydroxylation sites is 1. The van der Waals surface area contributed by atoms with E-state index in [1.54, 1.807) is 18.2 Å². The number of allylic oxidation sites excluding steroid dienone is 1. The molecule has 0 saturated heterocycles. The Morgan fingerprint density at radius 1 is 1.19 bits per heavy atom. The monoisotopic (exact) mass is 230 g/mol. The quantitative estimate of drug-likeness (QED) is 0.754. The fourth-order valence-electron chi connectivity index (χ4n) is 1.13. The van der Waals surface area contributed by atoms with Crippen LogP contribution in [0.2, 0.25) is 0 Å². The first-order chi connectivity index (χ1) is 7.38. The number of hydrogen-bond donors (Lipinski definition) is 0. The van der Waals surface area contributed by atoms with Crippen LogP contribution in [0, 0.1) is 5.92 Å². The Morgan fingerprint density at radius 2 is 1.81 bits per heavy atom. The second-order valence-corrected chi connectivity index (χ2v) is 3.69. The van der Waals surface area contributed by atoms with Crippen LogP contribution in [0.1, 0.15) is 19.4 Å². The lowest BCUT2D eigenvalue weighted by molar-refractivity contribution is -0.274. The van der Waals surface area contributed by atoms with Crippen molar-refractivity contribution in [2.75, 3.05) is 0 Å². The van der Waals surface area contributed by atoms with E-state index in [1.807, 2.05) is 19.9 Å². The maximum atomic E-state index is 12.1. The maximum Gasteiger partial charge on any atom is 0.573 e. The topological polar surface area (TPSA) is 9.23 Å². The van der Waals surface area contributed by atoms with E-state index >= 15 is 0 Å². The van der Waals surface area contributed by atoms with Gasteiger partial charge in [-0.15, -0.1) is 13.2 Å². The Balaban J connectivity index is 2.92. The zero-order valence-electron chi connectivity index (χ0n) is 9.08. The summed E-state index contributed by atoms with van der Waals surface area (Å²) in [6.45, 7) is 3.90. The molecule has 0 unspecified atom stereocenters. The van der Waals surface area contributed by atoms with Crippen LogP contribution < -0.4 is 4.74 Å². The van der Waals surface area contributed by atoms with E-state index in [2.05, 4.69) is 4.74 Å². The second-order valence-electron chi connectivity index (χ2n) is 3.69. The van der Waals surface area contributed by atoms with Crippen LogP contribution in [0.4, 0.5) is 13.2 Å². The van der Waals surface area contributed by atoms with Crippen LogP contribution >= 0.6 is 0 Å². The number of ether oxygens (including phenoxy) is 1. The van der Waals surface area contributed by atoms with Crippen LogP contribution in [-0.4, -0.2) is 6.36 Å². The Bertz CT molecular complexity index is 367. The van der Waals surface area contributed by atoms with Crippen molar-refractivity contribution in [3.8, 4) is 5.75 Å². The minimum atomic E-state index is -4.65. The minimum Gasteiger partial charge on any atom is -0.405 e. The van der Waals surface area contributed by atoms with Crippen LogP contribution in [-0.2, 0) is 0 Å². The predicted octanol–water partition coefficient (Wildman–Crippen LogP) is 4.25. The van der Waals surface area contributed by atoms with Gasteiger partial charge in [0, 0.05) is 5.56 Å². The smallest absolute Gasteiger partial charge is 0.405 e. The molecule has 1 aromatic rings. The SMILES string of the molecule is CC(C)/C=C/c1ccccc1OC(F)(F)F. The fourth-order valence-corrected chi connectivity index (χ4v) is 1.13. The third-order valence-corrected chi connectivity index (χ3v) is 1.81. The number of hydrogen-bond acceptors (Lipinski definition) is 1. The highest BCUT2D eigenvalue weighted by Crippen LogP contribution is 2.27. The Kier molecular flexibility index (Phi) is 3.99. The molecule has 0 bridgehead atoms. The summed E-state index contributed by atoms with van der Waals surface area (Å²) in [4.78, 5) is 0. The second kappa shape index (κ2) is 5.05. The van der Waals surface area contributed by atoms with Crippen LogP contribution in [0.5, 0.6) is 5.75 Å². The standard InChI is InChI=1S/C12H13F3O/c1-9(2)7-8-10-5-3-4-6-11(10)16-12(13,14)15/h3-9H,1-2H3/b8-7+. The highest BCUT2D eigenvalue weighted by atomic mass is 19.4. The van der Waals surface area contributed by atoms with Crippen molar-refractivity contribution in [3.63, 3.8) is 0 Å². The third kappa shape index (κ3) is 4.38. The first-order valence-electron chi connectivity index (χ1n) is 4.91. The lowest BCUT2D eigenvalue weighted by Crippen LogP contribution is -2.17. The number of alkyl halides is 3. The zero-order valence-corrected chi connectivity index (χ0v) is 9.08. The molecule has 0 spiro atoms. The lowest BCUT2D eigenvalue weighted by atomic mass is 10.1. The highest BCUT2D eigenvalue weighted by molar-refractivity contribution is 5.57. The molecule has 1 nitrogen and oxygen atoms in total. The van der Waals surface area contributed by atoms with Gasteiger partial charge in [0.15, 0.2) is 0 Å². The van der Waals surface area contributed by atoms with Gasteiger partial charge in [0.1, 0.15) is 5.75 Å². The average Bonchev–Trinajstić information content (AvgIpc) is 2.14. The van der Waals surface area contributed by atoms with Crippen molar-refractivity contribution < 1.29 is 17.9 Å². The summed E-state index contributed by atoms with van der Waals surface area (Å²) in [6.07, 6.45) is -1.20. The van der Waals surface area contributed by atoms with Crippen LogP contribution in [0.15, 0.2) is 30.3 Å². The van der Waals surface area contributed by atoms with Crippen molar-refractivity contribution >= 4 is 6.08 Å². The molecule has 1 rings (SSSR count). The van der Waals surface area contributed by atoms with Gasteiger partial charge in [0.25, 0.3) is 0 Å². The average molecular weight is 230 g/mol. The van der Waals surface area contributed by atoms with Crippen molar-refractivity contribution in [2.45, 2.75) is 20.2 Å². The predicted molar refractivity (Wildman–Crippen MR) is 57.0 cm³/mol. The molecule has 0 fully saturated rings. The van der Waals surface area contributed by atoms with E-state index in [0.717, 1.165) is 0 Å². The first kappa shape index (κ1) is 12.6. The summed E-state index contributed by atoms with van der Waals surface area (Å²) in [5.74, 6) is 0.103. The summed E-state index contributed by atoms with van der Waals surface area (Å²) in [6, 6.07) is 6.06. The van der Waals surface area contributed by atoms with Crippen molar-refractivity contribution in [2.24, 2.45) is 5.92 Å². The molecule has 0 atom stereocenters. The van der Waals surface area contributed by atoms with Crippen molar-refractivity contribution in [3.05, 3.63) is 35.9 Å². The third-order valence-electron chi connectivity index (χ3n) is 1.81. The molecular weight excluding hydrogens is 217 g/mol. The van der Waals surface area contributed by atoms with E-state index < -0.39 is 6.36 Å². The molecule has 88 valence electrons. The van der Waals surface area contributed by atoms with Crippen LogP contribution in [0.3, 0.4) is 0 Å². The molecule has 0 aliphatic heterocycles. The molecule has 4 heteroatoms. The van der Waals surface area contributed by atoms with Gasteiger partial charge in [0.05, 0.1) is 0 Å². The Labute approximate surface area is 92.5 Å². The van der Waals surface area contributed by atoms with Gasteiger partial charge in [-0.1, -0.05) is 44.2 Å². The Hall–Kier alpha value is -1.45. The van der Waals surface area contributed by atoms with Gasteiger partial charge < -0.3 is 4.74 Å². The van der Waals surface area contributed by atoms with Gasteiger partial charge in [-0.05, 0) is 12.0 Å². The molecule has 0 N–H and O–H groups in total. The number of benzene rings is 1. The largest absolute Gasteiger partial charge is 0.573 e. The summed E-state index contributed by atoms with van der Waals surface area (Å²) < 4.78 is 40.1. The van der Waals surface area contributed by atoms with E-state index in [4.69, 9.17) is 0 Å². The molecule has 16 heavy (non-hydrogen) atoms. The number of halogens is 3. The van der Waals surface area contributed by atoms with E-state index in [-0.39, 0.29) is 11.7 Å². The Morgan fingerprint density at radius 3 is 2.38 bits per heavy atom. The van der Waals surface area contributed by atoms with Crippen LogP contribution in [0.25, 0.3) is 6.08 Å². The van der Waals surface area contributed by atoms with Gasteiger partial charge in [-0.3, -0.25) is 0 Å². The molecule has 0 aliphatic rings. The summed E-state index contributed by atoms with van der Waals surface area (Å²) >= 11 is 0. The summed E-state index contributed by atoms with van der Waals surface area (Å²) in [5.41, 5.74) is 0.425. The van der Waals surface area contributed by atoms with Crippen molar-refractivity contribution in [1.29, 1.82) is 0 Å².